The molecule has 1 aliphatic carbocycles. The normalized spacial score (nSPS) is 40.5. The van der Waals surface area contributed by atoms with Crippen molar-refractivity contribution < 1.29 is 15.3 Å². The standard InChI is InChI=1S/C19H32O3/c1-14(2)16-7-5-6-8-17(20)11-15(3)12-18(21)13-19(4,22)10-9-16/h6,8-10,12,14,16-18,20-22H,5,7,11,13H2,1-4H3/b8-6+,10-9+,15-12-/t16-,17+,18+,19-/m1/s1. The molecule has 0 aromatic heterocycles. The molecule has 3 nitrogen and oxygen atoms in total. The van der Waals surface area contributed by atoms with Gasteiger partial charge >= 0.3 is 0 Å². The van der Waals surface area contributed by atoms with Crippen molar-refractivity contribution in [1.29, 1.82) is 0 Å². The Morgan fingerprint density at radius 3 is 2.50 bits per heavy atom. The highest BCUT2D eigenvalue weighted by Gasteiger charge is 2.22. The Balaban J connectivity index is 2.96. The molecule has 0 unspecified atom stereocenters. The van der Waals surface area contributed by atoms with Crippen molar-refractivity contribution in [3.8, 4) is 0 Å². The molecule has 0 heterocycles. The second-order valence-corrected chi connectivity index (χ2v) is 7.19. The van der Waals surface area contributed by atoms with Crippen molar-refractivity contribution >= 4 is 0 Å². The molecule has 0 aliphatic heterocycles. The van der Waals surface area contributed by atoms with E-state index < -0.39 is 17.8 Å². The van der Waals surface area contributed by atoms with Gasteiger partial charge in [-0.3, -0.25) is 0 Å². The smallest absolute Gasteiger partial charge is 0.0827 e. The SMILES string of the molecule is C/C1=C/[C@H](O)C[C@](C)(O)/C=C/[C@H](C(C)C)CC/C=C/[C@H](O)C1. The summed E-state index contributed by atoms with van der Waals surface area (Å²) >= 11 is 0. The molecule has 0 fully saturated rings. The average molecular weight is 308 g/mol. The lowest BCUT2D eigenvalue weighted by atomic mass is 9.87. The molecule has 3 N–H and O–H groups in total. The zero-order valence-electron chi connectivity index (χ0n) is 14.4. The molecule has 1 rings (SSSR count). The van der Waals surface area contributed by atoms with E-state index in [4.69, 9.17) is 0 Å². The van der Waals surface area contributed by atoms with Gasteiger partial charge in [-0.25, -0.2) is 0 Å². The lowest BCUT2D eigenvalue weighted by Gasteiger charge is -2.24. The molecule has 0 aromatic rings. The van der Waals surface area contributed by atoms with Gasteiger partial charge in [0.1, 0.15) is 0 Å². The summed E-state index contributed by atoms with van der Waals surface area (Å²) in [6, 6.07) is 0. The zero-order valence-corrected chi connectivity index (χ0v) is 14.4. The summed E-state index contributed by atoms with van der Waals surface area (Å²) in [6.45, 7) is 7.97. The highest BCUT2D eigenvalue weighted by atomic mass is 16.3. The van der Waals surface area contributed by atoms with Gasteiger partial charge < -0.3 is 15.3 Å². The number of hydrogen-bond donors (Lipinski definition) is 3. The first-order valence-corrected chi connectivity index (χ1v) is 8.31. The largest absolute Gasteiger partial charge is 0.389 e. The van der Waals surface area contributed by atoms with Crippen LogP contribution in [0.2, 0.25) is 0 Å². The Kier molecular flexibility index (Phi) is 7.54. The third kappa shape index (κ3) is 7.39. The lowest BCUT2D eigenvalue weighted by molar-refractivity contribution is 0.0564. The Hall–Kier alpha value is -0.900. The molecule has 0 saturated heterocycles. The van der Waals surface area contributed by atoms with Gasteiger partial charge in [0.25, 0.3) is 0 Å². The van der Waals surface area contributed by atoms with Crippen molar-refractivity contribution in [2.45, 2.75) is 71.2 Å². The lowest BCUT2D eigenvalue weighted by Crippen LogP contribution is -2.27. The molecular weight excluding hydrogens is 276 g/mol. The first-order chi connectivity index (χ1) is 10.2. The fraction of sp³-hybridized carbons (Fsp3) is 0.684. The van der Waals surface area contributed by atoms with Crippen LogP contribution in [0.4, 0.5) is 0 Å². The number of hydrogen-bond acceptors (Lipinski definition) is 3. The topological polar surface area (TPSA) is 60.7 Å². The Morgan fingerprint density at radius 2 is 1.86 bits per heavy atom. The molecule has 0 radical (unpaired) electrons. The van der Waals surface area contributed by atoms with Gasteiger partial charge in [0.2, 0.25) is 0 Å². The van der Waals surface area contributed by atoms with Crippen molar-refractivity contribution in [3.63, 3.8) is 0 Å². The van der Waals surface area contributed by atoms with E-state index in [0.717, 1.165) is 18.4 Å². The Morgan fingerprint density at radius 1 is 1.18 bits per heavy atom. The van der Waals surface area contributed by atoms with E-state index in [-0.39, 0.29) is 6.42 Å². The molecule has 0 aromatic carbocycles. The molecule has 22 heavy (non-hydrogen) atoms. The van der Waals surface area contributed by atoms with E-state index in [1.165, 1.54) is 0 Å². The van der Waals surface area contributed by atoms with Crippen molar-refractivity contribution in [3.05, 3.63) is 36.0 Å². The average Bonchev–Trinajstić information content (AvgIpc) is 2.34. The molecule has 0 saturated carbocycles. The third-order valence-corrected chi connectivity index (χ3v) is 4.21. The van der Waals surface area contributed by atoms with Gasteiger partial charge in [-0.05, 0) is 44.9 Å². The predicted molar refractivity (Wildman–Crippen MR) is 91.5 cm³/mol. The minimum atomic E-state index is -1.03. The van der Waals surface area contributed by atoms with Crippen LogP contribution < -0.4 is 0 Å². The molecular formula is C19H32O3. The molecule has 3 heteroatoms. The highest BCUT2D eigenvalue weighted by Crippen LogP contribution is 2.23. The molecule has 4 atom stereocenters. The van der Waals surface area contributed by atoms with E-state index in [9.17, 15) is 15.3 Å². The van der Waals surface area contributed by atoms with Gasteiger partial charge in [0, 0.05) is 6.42 Å². The minimum absolute atomic E-state index is 0.261. The van der Waals surface area contributed by atoms with Crippen LogP contribution >= 0.6 is 0 Å². The fourth-order valence-corrected chi connectivity index (χ4v) is 2.87. The molecule has 1 aliphatic rings. The van der Waals surface area contributed by atoms with Crippen LogP contribution in [0.3, 0.4) is 0 Å². The Bertz CT molecular complexity index is 418. The second-order valence-electron chi connectivity index (χ2n) is 7.19. The van der Waals surface area contributed by atoms with Crippen LogP contribution in [0.15, 0.2) is 36.0 Å². The van der Waals surface area contributed by atoms with E-state index in [1.54, 1.807) is 13.0 Å². The summed E-state index contributed by atoms with van der Waals surface area (Å²) in [5, 5.41) is 30.6. The van der Waals surface area contributed by atoms with Gasteiger partial charge in [-0.15, -0.1) is 0 Å². The zero-order chi connectivity index (χ0) is 16.8. The maximum Gasteiger partial charge on any atom is 0.0827 e. The maximum atomic E-state index is 10.5. The quantitative estimate of drug-likeness (QED) is 0.651. The van der Waals surface area contributed by atoms with Gasteiger partial charge in [0.15, 0.2) is 0 Å². The van der Waals surface area contributed by atoms with E-state index >= 15 is 0 Å². The van der Waals surface area contributed by atoms with Crippen LogP contribution in [0.1, 0.15) is 53.4 Å². The number of allylic oxidation sites excluding steroid dienone is 2. The predicted octanol–water partition coefficient (Wildman–Crippen LogP) is 3.36. The second kappa shape index (κ2) is 8.66. The number of aliphatic hydroxyl groups excluding tert-OH is 2. The van der Waals surface area contributed by atoms with Crippen LogP contribution in [0, 0.1) is 11.8 Å². The first kappa shape index (κ1) is 19.1. The van der Waals surface area contributed by atoms with Gasteiger partial charge in [0.05, 0.1) is 17.8 Å². The van der Waals surface area contributed by atoms with Gasteiger partial charge in [-0.2, -0.15) is 0 Å². The summed E-state index contributed by atoms with van der Waals surface area (Å²) in [6.07, 6.45) is 11.0. The van der Waals surface area contributed by atoms with Gasteiger partial charge in [-0.1, -0.05) is 49.8 Å². The molecule has 0 bridgehead atoms. The van der Waals surface area contributed by atoms with Crippen LogP contribution in [0.5, 0.6) is 0 Å². The Labute approximate surface area is 135 Å². The summed E-state index contributed by atoms with van der Waals surface area (Å²) in [4.78, 5) is 0. The number of aliphatic hydroxyl groups is 3. The highest BCUT2D eigenvalue weighted by molar-refractivity contribution is 5.10. The summed E-state index contributed by atoms with van der Waals surface area (Å²) in [5.41, 5.74) is -0.0939. The molecule has 126 valence electrons. The van der Waals surface area contributed by atoms with Crippen LogP contribution in [-0.2, 0) is 0 Å². The maximum absolute atomic E-state index is 10.5. The van der Waals surface area contributed by atoms with E-state index in [0.29, 0.717) is 18.3 Å². The fourth-order valence-electron chi connectivity index (χ4n) is 2.87. The summed E-state index contributed by atoms with van der Waals surface area (Å²) in [7, 11) is 0. The van der Waals surface area contributed by atoms with Crippen molar-refractivity contribution in [2.75, 3.05) is 0 Å². The van der Waals surface area contributed by atoms with E-state index in [2.05, 4.69) is 19.9 Å². The van der Waals surface area contributed by atoms with Crippen LogP contribution in [-0.4, -0.2) is 33.1 Å². The monoisotopic (exact) mass is 308 g/mol. The third-order valence-electron chi connectivity index (χ3n) is 4.21. The number of rotatable bonds is 1. The van der Waals surface area contributed by atoms with Crippen molar-refractivity contribution in [2.24, 2.45) is 11.8 Å². The summed E-state index contributed by atoms with van der Waals surface area (Å²) < 4.78 is 0. The molecule has 0 amide bonds. The van der Waals surface area contributed by atoms with Crippen molar-refractivity contribution in [1.82, 2.24) is 0 Å². The van der Waals surface area contributed by atoms with Crippen LogP contribution in [0.25, 0.3) is 0 Å². The molecule has 0 spiro atoms. The first-order valence-electron chi connectivity index (χ1n) is 8.31. The minimum Gasteiger partial charge on any atom is -0.389 e. The van der Waals surface area contributed by atoms with E-state index in [1.807, 2.05) is 25.2 Å². The summed E-state index contributed by atoms with van der Waals surface area (Å²) in [5.74, 6) is 0.871.